The van der Waals surface area contributed by atoms with Crippen molar-refractivity contribution in [1.29, 1.82) is 0 Å². The molecule has 1 heterocycles. The van der Waals surface area contributed by atoms with Crippen LogP contribution in [0.2, 0.25) is 0 Å². The van der Waals surface area contributed by atoms with E-state index < -0.39 is 0 Å². The molecule has 0 radical (unpaired) electrons. The maximum Gasteiger partial charge on any atom is 0.292 e. The zero-order valence-corrected chi connectivity index (χ0v) is 14.8. The van der Waals surface area contributed by atoms with E-state index >= 15 is 0 Å². The van der Waals surface area contributed by atoms with Gasteiger partial charge in [-0.2, -0.15) is 0 Å². The van der Waals surface area contributed by atoms with Crippen molar-refractivity contribution >= 4 is 23.0 Å². The summed E-state index contributed by atoms with van der Waals surface area (Å²) in [6.45, 7) is 11.3. The van der Waals surface area contributed by atoms with E-state index in [1.165, 1.54) is 0 Å². The van der Waals surface area contributed by atoms with Crippen LogP contribution in [0.4, 0.5) is 17.1 Å². The van der Waals surface area contributed by atoms with Gasteiger partial charge in [-0.15, -0.1) is 0 Å². The lowest BCUT2D eigenvalue weighted by Crippen LogP contribution is -2.48. The van der Waals surface area contributed by atoms with E-state index in [4.69, 9.17) is 0 Å². The first-order valence-corrected chi connectivity index (χ1v) is 8.20. The number of hydrogen-bond acceptors (Lipinski definition) is 5. The highest BCUT2D eigenvalue weighted by atomic mass is 16.6. The molecule has 0 spiro atoms. The average molecular weight is 334 g/mol. The van der Waals surface area contributed by atoms with Crippen LogP contribution in [0, 0.1) is 15.5 Å². The third kappa shape index (κ3) is 4.59. The van der Waals surface area contributed by atoms with Crippen molar-refractivity contribution in [2.24, 2.45) is 5.41 Å². The van der Waals surface area contributed by atoms with Gasteiger partial charge in [0, 0.05) is 51.4 Å². The lowest BCUT2D eigenvalue weighted by atomic mass is 9.97. The summed E-state index contributed by atoms with van der Waals surface area (Å²) in [5, 5.41) is 14.5. The maximum atomic E-state index is 11.4. The minimum absolute atomic E-state index is 0.0248. The Morgan fingerprint density at radius 3 is 2.38 bits per heavy atom. The van der Waals surface area contributed by atoms with Crippen LogP contribution in [-0.4, -0.2) is 48.5 Å². The quantitative estimate of drug-likeness (QED) is 0.676. The number of rotatable bonds is 4. The van der Waals surface area contributed by atoms with Crippen LogP contribution >= 0.6 is 0 Å². The number of carbonyl (C=O) groups is 1. The van der Waals surface area contributed by atoms with Gasteiger partial charge in [0.25, 0.3) is 5.69 Å². The van der Waals surface area contributed by atoms with E-state index in [0.29, 0.717) is 25.3 Å². The van der Waals surface area contributed by atoms with Crippen LogP contribution in [0.1, 0.15) is 27.7 Å². The topological polar surface area (TPSA) is 78.7 Å². The molecule has 0 aromatic heterocycles. The number of nitro groups is 1. The van der Waals surface area contributed by atoms with E-state index in [-0.39, 0.29) is 21.9 Å². The molecule has 1 amide bonds. The predicted molar refractivity (Wildman–Crippen MR) is 95.5 cm³/mol. The van der Waals surface area contributed by atoms with Gasteiger partial charge in [-0.3, -0.25) is 14.9 Å². The molecule has 1 aromatic rings. The van der Waals surface area contributed by atoms with E-state index in [9.17, 15) is 14.9 Å². The molecule has 1 aliphatic heterocycles. The highest BCUT2D eigenvalue weighted by Crippen LogP contribution is 2.31. The summed E-state index contributed by atoms with van der Waals surface area (Å²) in [4.78, 5) is 26.3. The van der Waals surface area contributed by atoms with E-state index in [1.807, 2.05) is 11.0 Å². The molecule has 2 rings (SSSR count). The van der Waals surface area contributed by atoms with Gasteiger partial charge in [0.1, 0.15) is 5.69 Å². The zero-order chi connectivity index (χ0) is 17.9. The molecule has 1 aromatic carbocycles. The van der Waals surface area contributed by atoms with Crippen molar-refractivity contribution < 1.29 is 9.72 Å². The molecule has 7 nitrogen and oxygen atoms in total. The molecule has 1 saturated heterocycles. The molecule has 0 bridgehead atoms. The molecular weight excluding hydrogens is 308 g/mol. The third-order valence-electron chi connectivity index (χ3n) is 4.08. The number of nitrogens with one attached hydrogen (secondary N) is 1. The Hall–Kier alpha value is -2.31. The minimum atomic E-state index is -0.359. The Kier molecular flexibility index (Phi) is 5.31. The molecular formula is C17H26N4O3. The van der Waals surface area contributed by atoms with Gasteiger partial charge in [-0.05, 0) is 17.5 Å². The van der Waals surface area contributed by atoms with Crippen LogP contribution in [-0.2, 0) is 4.79 Å². The first-order chi connectivity index (χ1) is 11.2. The normalized spacial score (nSPS) is 15.3. The molecule has 0 atom stereocenters. The van der Waals surface area contributed by atoms with Gasteiger partial charge in [0.15, 0.2) is 0 Å². The number of anilines is 2. The second-order valence-electron chi connectivity index (χ2n) is 7.37. The fraction of sp³-hybridized carbons (Fsp3) is 0.588. The minimum Gasteiger partial charge on any atom is -0.379 e. The molecule has 7 heteroatoms. The first kappa shape index (κ1) is 18.0. The summed E-state index contributed by atoms with van der Waals surface area (Å²) in [5.41, 5.74) is 1.60. The average Bonchev–Trinajstić information content (AvgIpc) is 2.52. The Morgan fingerprint density at radius 1 is 1.25 bits per heavy atom. The summed E-state index contributed by atoms with van der Waals surface area (Å²) >= 11 is 0. The van der Waals surface area contributed by atoms with Crippen molar-refractivity contribution in [3.8, 4) is 0 Å². The van der Waals surface area contributed by atoms with Gasteiger partial charge in [-0.25, -0.2) is 0 Å². The number of hydrogen-bond donors (Lipinski definition) is 1. The first-order valence-electron chi connectivity index (χ1n) is 8.20. The molecule has 1 fully saturated rings. The zero-order valence-electron chi connectivity index (χ0n) is 14.8. The van der Waals surface area contributed by atoms with Gasteiger partial charge in [0.05, 0.1) is 4.92 Å². The number of amides is 1. The third-order valence-corrected chi connectivity index (χ3v) is 4.08. The van der Waals surface area contributed by atoms with Crippen LogP contribution in [0.15, 0.2) is 18.2 Å². The number of piperazine rings is 1. The van der Waals surface area contributed by atoms with E-state index in [0.717, 1.165) is 18.8 Å². The highest BCUT2D eigenvalue weighted by molar-refractivity contribution is 5.74. The second-order valence-corrected chi connectivity index (χ2v) is 7.37. The Labute approximate surface area is 142 Å². The standard InChI is InChI=1S/C17H26N4O3/c1-13(22)19-7-9-20(10-8-19)14-5-6-16(21(23)24)15(11-14)18-12-17(2,3)4/h5-6,11,18H,7-10,12H2,1-4H3. The van der Waals surface area contributed by atoms with Gasteiger partial charge < -0.3 is 15.1 Å². The summed E-state index contributed by atoms with van der Waals surface area (Å²) in [7, 11) is 0. The summed E-state index contributed by atoms with van der Waals surface area (Å²) in [5.74, 6) is 0.0888. The SMILES string of the molecule is CC(=O)N1CCN(c2ccc([N+](=O)[O-])c(NCC(C)(C)C)c2)CC1. The van der Waals surface area contributed by atoms with Crippen LogP contribution in [0.5, 0.6) is 0 Å². The molecule has 1 aliphatic rings. The fourth-order valence-corrected chi connectivity index (χ4v) is 2.66. The van der Waals surface area contributed by atoms with Crippen molar-refractivity contribution in [3.05, 3.63) is 28.3 Å². The molecule has 0 unspecified atom stereocenters. The number of carbonyl (C=O) groups excluding carboxylic acids is 1. The van der Waals surface area contributed by atoms with Gasteiger partial charge in [0.2, 0.25) is 5.91 Å². The van der Waals surface area contributed by atoms with Crippen LogP contribution < -0.4 is 10.2 Å². The predicted octanol–water partition coefficient (Wildman–Crippen LogP) is 2.72. The van der Waals surface area contributed by atoms with Crippen LogP contribution in [0.3, 0.4) is 0 Å². The van der Waals surface area contributed by atoms with Crippen molar-refractivity contribution in [2.45, 2.75) is 27.7 Å². The molecule has 24 heavy (non-hydrogen) atoms. The number of benzene rings is 1. The van der Waals surface area contributed by atoms with Gasteiger partial charge in [-0.1, -0.05) is 20.8 Å². The smallest absolute Gasteiger partial charge is 0.292 e. The Bertz CT molecular complexity index is 617. The fourth-order valence-electron chi connectivity index (χ4n) is 2.66. The lowest BCUT2D eigenvalue weighted by Gasteiger charge is -2.35. The van der Waals surface area contributed by atoms with Crippen molar-refractivity contribution in [1.82, 2.24) is 4.90 Å². The summed E-state index contributed by atoms with van der Waals surface area (Å²) < 4.78 is 0. The highest BCUT2D eigenvalue weighted by Gasteiger charge is 2.22. The molecule has 132 valence electrons. The summed E-state index contributed by atoms with van der Waals surface area (Å²) in [6, 6.07) is 5.18. The Morgan fingerprint density at radius 2 is 1.88 bits per heavy atom. The monoisotopic (exact) mass is 334 g/mol. The maximum absolute atomic E-state index is 11.4. The number of nitro benzene ring substituents is 1. The van der Waals surface area contributed by atoms with E-state index in [1.54, 1.807) is 19.1 Å². The largest absolute Gasteiger partial charge is 0.379 e. The molecule has 0 aliphatic carbocycles. The molecule has 0 saturated carbocycles. The van der Waals surface area contributed by atoms with Crippen molar-refractivity contribution in [3.63, 3.8) is 0 Å². The summed E-state index contributed by atoms with van der Waals surface area (Å²) in [6.07, 6.45) is 0. The lowest BCUT2D eigenvalue weighted by molar-refractivity contribution is -0.384. The Balaban J connectivity index is 2.17. The second kappa shape index (κ2) is 7.07. The number of nitrogens with zero attached hydrogens (tertiary/aromatic N) is 3. The van der Waals surface area contributed by atoms with E-state index in [2.05, 4.69) is 31.0 Å². The van der Waals surface area contributed by atoms with Gasteiger partial charge >= 0.3 is 0 Å². The molecule has 1 N–H and O–H groups in total. The van der Waals surface area contributed by atoms with Crippen LogP contribution in [0.25, 0.3) is 0 Å². The van der Waals surface area contributed by atoms with Crippen molar-refractivity contribution in [2.75, 3.05) is 42.9 Å².